The molecule has 0 aromatic heterocycles. The molecule has 31 heavy (non-hydrogen) atoms. The molecule has 0 fully saturated rings. The van der Waals surface area contributed by atoms with Gasteiger partial charge >= 0.3 is 6.09 Å². The van der Waals surface area contributed by atoms with E-state index in [0.717, 1.165) is 11.1 Å². The topological polar surface area (TPSA) is 72.5 Å². The number of nitrogens with one attached hydrogen (secondary N) is 1. The lowest BCUT2D eigenvalue weighted by atomic mass is 10.0. The highest BCUT2D eigenvalue weighted by Gasteiger charge is 2.35. The number of benzene rings is 3. The number of rotatable bonds is 7. The van der Waals surface area contributed by atoms with Gasteiger partial charge in [0.1, 0.15) is 6.61 Å². The lowest BCUT2D eigenvalue weighted by Crippen LogP contribution is -2.38. The normalized spacial score (nSPS) is 14.9. The standard InChI is InChI=1S/C25H23NO4S/c27-25(30-18-20-11-5-2-6-12-20)26-22(16-15-19-9-3-1-4-10-19)24-17-21-13-7-8-14-23(21)31(24,28)29/h1-14,17,22H,15-16,18H2,(H,26,27)/t22-/m0/s1. The summed E-state index contributed by atoms with van der Waals surface area (Å²) in [5.74, 6) is 0. The fourth-order valence-corrected chi connectivity index (χ4v) is 5.42. The van der Waals surface area contributed by atoms with Gasteiger partial charge in [0.25, 0.3) is 0 Å². The molecule has 0 aliphatic carbocycles. The van der Waals surface area contributed by atoms with E-state index in [-0.39, 0.29) is 16.4 Å². The molecule has 0 saturated heterocycles. The van der Waals surface area contributed by atoms with E-state index in [0.29, 0.717) is 18.4 Å². The second kappa shape index (κ2) is 9.18. The highest BCUT2D eigenvalue weighted by Crippen LogP contribution is 2.35. The lowest BCUT2D eigenvalue weighted by molar-refractivity contribution is 0.137. The Morgan fingerprint density at radius 3 is 2.13 bits per heavy atom. The number of sulfone groups is 1. The Bertz CT molecular complexity index is 1190. The first-order valence-corrected chi connectivity index (χ1v) is 11.6. The van der Waals surface area contributed by atoms with Gasteiger partial charge in [-0.3, -0.25) is 0 Å². The molecule has 6 heteroatoms. The molecular formula is C25H23NO4S. The Kier molecular flexibility index (Phi) is 6.18. The first-order valence-electron chi connectivity index (χ1n) is 10.1. The number of fused-ring (bicyclic) bond motifs is 1. The third kappa shape index (κ3) is 4.86. The zero-order chi connectivity index (χ0) is 21.7. The Morgan fingerprint density at radius 1 is 0.839 bits per heavy atom. The van der Waals surface area contributed by atoms with Crippen molar-refractivity contribution in [1.82, 2.24) is 5.32 Å². The largest absolute Gasteiger partial charge is 0.445 e. The molecule has 5 nitrogen and oxygen atoms in total. The van der Waals surface area contributed by atoms with Crippen LogP contribution in [0.2, 0.25) is 0 Å². The van der Waals surface area contributed by atoms with Crippen molar-refractivity contribution in [3.63, 3.8) is 0 Å². The van der Waals surface area contributed by atoms with Crippen molar-refractivity contribution in [3.05, 3.63) is 107 Å². The van der Waals surface area contributed by atoms with Crippen molar-refractivity contribution in [2.45, 2.75) is 30.4 Å². The smallest absolute Gasteiger partial charge is 0.407 e. The summed E-state index contributed by atoms with van der Waals surface area (Å²) in [6.07, 6.45) is 2.06. The summed E-state index contributed by atoms with van der Waals surface area (Å²) in [5.41, 5.74) is 2.57. The molecule has 0 bridgehead atoms. The lowest BCUT2D eigenvalue weighted by Gasteiger charge is -2.20. The highest BCUT2D eigenvalue weighted by molar-refractivity contribution is 7.96. The van der Waals surface area contributed by atoms with Crippen LogP contribution in [0.5, 0.6) is 0 Å². The third-order valence-corrected chi connectivity index (χ3v) is 7.20. The van der Waals surface area contributed by atoms with E-state index in [1.165, 1.54) is 0 Å². The molecule has 1 amide bonds. The maximum absolute atomic E-state index is 13.1. The van der Waals surface area contributed by atoms with E-state index in [2.05, 4.69) is 5.32 Å². The van der Waals surface area contributed by atoms with Gasteiger partial charge in [0.2, 0.25) is 9.84 Å². The van der Waals surface area contributed by atoms with Crippen LogP contribution in [0.15, 0.2) is 94.7 Å². The molecule has 1 atom stereocenters. The van der Waals surface area contributed by atoms with E-state index in [1.807, 2.05) is 60.7 Å². The molecule has 0 unspecified atom stereocenters. The minimum atomic E-state index is -3.67. The first kappa shape index (κ1) is 20.9. The average molecular weight is 434 g/mol. The fourth-order valence-electron chi connectivity index (χ4n) is 3.64. The maximum atomic E-state index is 13.1. The minimum Gasteiger partial charge on any atom is -0.445 e. The van der Waals surface area contributed by atoms with E-state index in [1.54, 1.807) is 30.3 Å². The molecular weight excluding hydrogens is 410 g/mol. The average Bonchev–Trinajstić information content (AvgIpc) is 3.07. The highest BCUT2D eigenvalue weighted by atomic mass is 32.2. The zero-order valence-corrected chi connectivity index (χ0v) is 17.7. The molecule has 3 aromatic rings. The van der Waals surface area contributed by atoms with Gasteiger partial charge in [0, 0.05) is 0 Å². The van der Waals surface area contributed by atoms with Crippen LogP contribution in [-0.2, 0) is 27.6 Å². The van der Waals surface area contributed by atoms with Crippen LogP contribution in [0.1, 0.15) is 23.1 Å². The van der Waals surface area contributed by atoms with Crippen LogP contribution >= 0.6 is 0 Å². The summed E-state index contributed by atoms with van der Waals surface area (Å²) >= 11 is 0. The third-order valence-electron chi connectivity index (χ3n) is 5.23. The van der Waals surface area contributed by atoms with Crippen LogP contribution in [0.25, 0.3) is 6.08 Å². The summed E-state index contributed by atoms with van der Waals surface area (Å²) in [4.78, 5) is 13.0. The van der Waals surface area contributed by atoms with E-state index < -0.39 is 22.0 Å². The van der Waals surface area contributed by atoms with Crippen LogP contribution in [-0.4, -0.2) is 20.6 Å². The summed E-state index contributed by atoms with van der Waals surface area (Å²) in [6, 6.07) is 25.3. The van der Waals surface area contributed by atoms with Crippen molar-refractivity contribution in [2.24, 2.45) is 0 Å². The molecule has 1 aliphatic heterocycles. The van der Waals surface area contributed by atoms with Gasteiger partial charge < -0.3 is 10.1 Å². The molecule has 158 valence electrons. The molecule has 1 aliphatic rings. The molecule has 0 radical (unpaired) electrons. The van der Waals surface area contributed by atoms with E-state index >= 15 is 0 Å². The Labute approximate surface area is 182 Å². The SMILES string of the molecule is O=C(N[C@@H](CCc1ccccc1)C1=Cc2ccccc2S1(=O)=O)OCc1ccccc1. The van der Waals surface area contributed by atoms with Crippen molar-refractivity contribution < 1.29 is 17.9 Å². The Hall–Kier alpha value is -3.38. The summed E-state index contributed by atoms with van der Waals surface area (Å²) < 4.78 is 31.6. The minimum absolute atomic E-state index is 0.115. The van der Waals surface area contributed by atoms with Crippen molar-refractivity contribution in [2.75, 3.05) is 0 Å². The number of hydrogen-bond acceptors (Lipinski definition) is 4. The van der Waals surface area contributed by atoms with Crippen molar-refractivity contribution in [3.8, 4) is 0 Å². The van der Waals surface area contributed by atoms with Gasteiger partial charge in [-0.2, -0.15) is 0 Å². The van der Waals surface area contributed by atoms with Gasteiger partial charge in [-0.05, 0) is 41.7 Å². The van der Waals surface area contributed by atoms with Crippen molar-refractivity contribution >= 4 is 22.0 Å². The summed E-state index contributed by atoms with van der Waals surface area (Å²) in [6.45, 7) is 0.115. The van der Waals surface area contributed by atoms with E-state index in [9.17, 15) is 13.2 Å². The fraction of sp³-hybridized carbons (Fsp3) is 0.160. The number of amides is 1. The van der Waals surface area contributed by atoms with Gasteiger partial charge in [0.15, 0.2) is 0 Å². The number of ether oxygens (including phenoxy) is 1. The monoisotopic (exact) mass is 433 g/mol. The number of aryl methyl sites for hydroxylation is 1. The second-order valence-electron chi connectivity index (χ2n) is 7.37. The molecule has 4 rings (SSSR count). The first-order chi connectivity index (χ1) is 15.0. The molecule has 0 saturated carbocycles. The Morgan fingerprint density at radius 2 is 1.45 bits per heavy atom. The maximum Gasteiger partial charge on any atom is 0.407 e. The van der Waals surface area contributed by atoms with Crippen LogP contribution in [0, 0.1) is 0 Å². The van der Waals surface area contributed by atoms with Gasteiger partial charge in [-0.25, -0.2) is 13.2 Å². The predicted octanol–water partition coefficient (Wildman–Crippen LogP) is 4.74. The molecule has 1 heterocycles. The van der Waals surface area contributed by atoms with Crippen LogP contribution in [0.3, 0.4) is 0 Å². The van der Waals surface area contributed by atoms with Crippen molar-refractivity contribution in [1.29, 1.82) is 0 Å². The zero-order valence-electron chi connectivity index (χ0n) is 16.9. The molecule has 1 N–H and O–H groups in total. The molecule has 0 spiro atoms. The summed E-state index contributed by atoms with van der Waals surface area (Å²) in [5, 5.41) is 2.78. The molecule has 3 aromatic carbocycles. The number of alkyl carbamates (subject to hydrolysis) is 1. The number of hydrogen-bond donors (Lipinski definition) is 1. The van der Waals surface area contributed by atoms with Crippen LogP contribution < -0.4 is 5.32 Å². The van der Waals surface area contributed by atoms with Gasteiger partial charge in [-0.15, -0.1) is 0 Å². The van der Waals surface area contributed by atoms with Gasteiger partial charge in [-0.1, -0.05) is 78.9 Å². The van der Waals surface area contributed by atoms with Crippen LogP contribution in [0.4, 0.5) is 4.79 Å². The second-order valence-corrected chi connectivity index (χ2v) is 9.29. The summed E-state index contributed by atoms with van der Waals surface area (Å²) in [7, 11) is -3.67. The van der Waals surface area contributed by atoms with E-state index in [4.69, 9.17) is 4.74 Å². The number of carbonyl (C=O) groups is 1. The number of carbonyl (C=O) groups excluding carboxylic acids is 1. The predicted molar refractivity (Wildman–Crippen MR) is 120 cm³/mol. The van der Waals surface area contributed by atoms with Gasteiger partial charge in [0.05, 0.1) is 15.8 Å². The Balaban J connectivity index is 1.53. The quantitative estimate of drug-likeness (QED) is 0.584.